The zero-order valence-electron chi connectivity index (χ0n) is 10.9. The molecule has 1 aliphatic heterocycles. The van der Waals surface area contributed by atoms with E-state index in [1.165, 1.54) is 57.4 Å². The van der Waals surface area contributed by atoms with E-state index in [-0.39, 0.29) is 0 Å². The number of nitrogens with zero attached hydrogens (tertiary/aromatic N) is 1. The monoisotopic (exact) mass is 240 g/mol. The van der Waals surface area contributed by atoms with Gasteiger partial charge in [-0.1, -0.05) is 37.9 Å². The Morgan fingerprint density at radius 3 is 2.62 bits per heavy atom. The topological polar surface area (TPSA) is 3.01 Å². The minimum absolute atomic E-state index is 0.953. The van der Waals surface area contributed by atoms with Gasteiger partial charge in [0.2, 0.25) is 5.04 Å². The summed E-state index contributed by atoms with van der Waals surface area (Å²) >= 11 is 2.05. The molecule has 92 valence electrons. The van der Waals surface area contributed by atoms with Gasteiger partial charge in [-0.15, -0.1) is 0 Å². The SMILES string of the molecule is CCC(C[N+]1=C(C)SCC1)C1CCCCC1. The molecule has 2 heteroatoms. The first-order valence-corrected chi connectivity index (χ1v) is 8.01. The molecule has 2 aliphatic rings. The fourth-order valence-electron chi connectivity index (χ4n) is 3.27. The number of thioether (sulfide) groups is 1. The first-order valence-electron chi connectivity index (χ1n) is 7.02. The second-order valence-electron chi connectivity index (χ2n) is 5.38. The van der Waals surface area contributed by atoms with Crippen LogP contribution in [0.4, 0.5) is 0 Å². The Bertz CT molecular complexity index is 253. The van der Waals surface area contributed by atoms with E-state index in [9.17, 15) is 0 Å². The van der Waals surface area contributed by atoms with Gasteiger partial charge in [-0.3, -0.25) is 0 Å². The van der Waals surface area contributed by atoms with Gasteiger partial charge in [0.05, 0.1) is 5.75 Å². The van der Waals surface area contributed by atoms with Crippen LogP contribution in [0, 0.1) is 11.8 Å². The molecular formula is C14H26NS+. The first-order chi connectivity index (χ1) is 7.81. The summed E-state index contributed by atoms with van der Waals surface area (Å²) in [5.41, 5.74) is 0. The number of rotatable bonds is 4. The molecule has 0 aromatic carbocycles. The van der Waals surface area contributed by atoms with Gasteiger partial charge in [0.15, 0.2) is 6.54 Å². The Morgan fingerprint density at radius 2 is 2.06 bits per heavy atom. The van der Waals surface area contributed by atoms with Gasteiger partial charge < -0.3 is 0 Å². The Kier molecular flexibility index (Phi) is 4.75. The van der Waals surface area contributed by atoms with Crippen LogP contribution in [-0.4, -0.2) is 28.5 Å². The average Bonchev–Trinajstić information content (AvgIpc) is 2.73. The lowest BCUT2D eigenvalue weighted by atomic mass is 9.78. The molecule has 16 heavy (non-hydrogen) atoms. The molecule has 0 saturated heterocycles. The predicted molar refractivity (Wildman–Crippen MR) is 73.5 cm³/mol. The zero-order chi connectivity index (χ0) is 11.4. The van der Waals surface area contributed by atoms with E-state index in [0.29, 0.717) is 0 Å². The fourth-order valence-corrected chi connectivity index (χ4v) is 4.23. The van der Waals surface area contributed by atoms with Crippen molar-refractivity contribution in [1.82, 2.24) is 0 Å². The Labute approximate surface area is 105 Å². The summed E-state index contributed by atoms with van der Waals surface area (Å²) in [6.45, 7) is 7.31. The summed E-state index contributed by atoms with van der Waals surface area (Å²) in [7, 11) is 0. The van der Waals surface area contributed by atoms with Crippen molar-refractivity contribution in [3.05, 3.63) is 0 Å². The lowest BCUT2D eigenvalue weighted by molar-refractivity contribution is -0.527. The lowest BCUT2D eigenvalue weighted by Crippen LogP contribution is -2.28. The predicted octanol–water partition coefficient (Wildman–Crippen LogP) is 3.77. The van der Waals surface area contributed by atoms with E-state index in [0.717, 1.165) is 11.8 Å². The average molecular weight is 240 g/mol. The molecule has 2 rings (SSSR count). The van der Waals surface area contributed by atoms with Crippen LogP contribution in [0.25, 0.3) is 0 Å². The highest BCUT2D eigenvalue weighted by Gasteiger charge is 2.28. The van der Waals surface area contributed by atoms with Gasteiger partial charge in [0.1, 0.15) is 6.54 Å². The fraction of sp³-hybridized carbons (Fsp3) is 0.929. The molecule has 1 unspecified atom stereocenters. The lowest BCUT2D eigenvalue weighted by Gasteiger charge is -2.28. The van der Waals surface area contributed by atoms with Crippen LogP contribution >= 0.6 is 11.8 Å². The summed E-state index contributed by atoms with van der Waals surface area (Å²) in [6, 6.07) is 0. The summed E-state index contributed by atoms with van der Waals surface area (Å²) in [5, 5.41) is 1.56. The van der Waals surface area contributed by atoms with E-state index in [1.54, 1.807) is 5.04 Å². The van der Waals surface area contributed by atoms with Crippen molar-refractivity contribution >= 4 is 16.8 Å². The smallest absolute Gasteiger partial charge is 0.207 e. The molecule has 1 saturated carbocycles. The number of hydrogen-bond donors (Lipinski definition) is 0. The minimum atomic E-state index is 0.953. The van der Waals surface area contributed by atoms with Gasteiger partial charge in [0.25, 0.3) is 0 Å². The van der Waals surface area contributed by atoms with Crippen molar-refractivity contribution in [3.63, 3.8) is 0 Å². The largest absolute Gasteiger partial charge is 0.227 e. The third-order valence-electron chi connectivity index (χ3n) is 4.41. The van der Waals surface area contributed by atoms with Crippen LogP contribution in [0.15, 0.2) is 0 Å². The maximum absolute atomic E-state index is 2.63. The Hall–Kier alpha value is 0.0200. The molecule has 1 fully saturated rings. The molecule has 0 N–H and O–H groups in total. The van der Waals surface area contributed by atoms with Crippen LogP contribution in [0.2, 0.25) is 0 Å². The molecule has 1 atom stereocenters. The standard InChI is InChI=1S/C14H26NS/c1-3-13(14-7-5-4-6-8-14)11-15-9-10-16-12(15)2/h13-14H,3-11H2,1-2H3/q+1. The summed E-state index contributed by atoms with van der Waals surface area (Å²) in [6.07, 6.45) is 8.82. The molecule has 0 aromatic rings. The second-order valence-corrected chi connectivity index (χ2v) is 6.67. The van der Waals surface area contributed by atoms with Gasteiger partial charge >= 0.3 is 0 Å². The molecular weight excluding hydrogens is 214 g/mol. The van der Waals surface area contributed by atoms with E-state index in [4.69, 9.17) is 0 Å². The van der Waals surface area contributed by atoms with Crippen LogP contribution in [0.1, 0.15) is 52.4 Å². The maximum atomic E-state index is 2.63. The van der Waals surface area contributed by atoms with Crippen molar-refractivity contribution in [2.45, 2.75) is 52.4 Å². The van der Waals surface area contributed by atoms with Crippen molar-refractivity contribution in [2.24, 2.45) is 11.8 Å². The van der Waals surface area contributed by atoms with Gasteiger partial charge in [-0.05, 0) is 25.2 Å². The third kappa shape index (κ3) is 3.03. The first kappa shape index (κ1) is 12.5. The molecule has 1 nitrogen and oxygen atoms in total. The van der Waals surface area contributed by atoms with Crippen molar-refractivity contribution in [3.8, 4) is 0 Å². The Morgan fingerprint density at radius 1 is 1.31 bits per heavy atom. The van der Waals surface area contributed by atoms with Crippen LogP contribution in [-0.2, 0) is 0 Å². The summed E-state index contributed by atoms with van der Waals surface area (Å²) in [5.74, 6) is 3.29. The second kappa shape index (κ2) is 6.09. The van der Waals surface area contributed by atoms with Crippen LogP contribution in [0.5, 0.6) is 0 Å². The van der Waals surface area contributed by atoms with Crippen molar-refractivity contribution in [2.75, 3.05) is 18.8 Å². The zero-order valence-corrected chi connectivity index (χ0v) is 11.7. The summed E-state index contributed by atoms with van der Waals surface area (Å²) in [4.78, 5) is 0. The molecule has 0 amide bonds. The highest BCUT2D eigenvalue weighted by Crippen LogP contribution is 2.32. The van der Waals surface area contributed by atoms with Crippen LogP contribution < -0.4 is 0 Å². The normalized spacial score (nSPS) is 25.1. The van der Waals surface area contributed by atoms with Gasteiger partial charge in [-0.2, -0.15) is 0 Å². The van der Waals surface area contributed by atoms with Crippen molar-refractivity contribution in [1.29, 1.82) is 0 Å². The van der Waals surface area contributed by atoms with Gasteiger partial charge in [-0.25, -0.2) is 4.58 Å². The van der Waals surface area contributed by atoms with E-state index < -0.39 is 0 Å². The highest BCUT2D eigenvalue weighted by molar-refractivity contribution is 8.13. The van der Waals surface area contributed by atoms with Crippen LogP contribution in [0.3, 0.4) is 0 Å². The minimum Gasteiger partial charge on any atom is -0.227 e. The van der Waals surface area contributed by atoms with E-state index >= 15 is 0 Å². The highest BCUT2D eigenvalue weighted by atomic mass is 32.2. The van der Waals surface area contributed by atoms with E-state index in [1.807, 2.05) is 11.8 Å². The molecule has 1 aliphatic carbocycles. The van der Waals surface area contributed by atoms with Gasteiger partial charge in [0, 0.05) is 12.8 Å². The Balaban J connectivity index is 1.91. The summed E-state index contributed by atoms with van der Waals surface area (Å²) < 4.78 is 2.63. The maximum Gasteiger partial charge on any atom is 0.207 e. The van der Waals surface area contributed by atoms with Crippen molar-refractivity contribution < 1.29 is 4.58 Å². The molecule has 0 bridgehead atoms. The molecule has 0 radical (unpaired) electrons. The molecule has 0 aromatic heterocycles. The molecule has 1 heterocycles. The third-order valence-corrected chi connectivity index (χ3v) is 5.48. The van der Waals surface area contributed by atoms with E-state index in [2.05, 4.69) is 18.4 Å². The quantitative estimate of drug-likeness (QED) is 0.676. The number of hydrogen-bond acceptors (Lipinski definition) is 1. The molecule has 0 spiro atoms.